The molecule has 0 aromatic carbocycles. The normalized spacial score (nSPS) is 11.5. The average Bonchev–Trinajstić information content (AvgIpc) is 3.17. The first-order valence-corrected chi connectivity index (χ1v) is 21.3. The smallest absolute Gasteiger partial charge is 0.305 e. The molecule has 0 rings (SSSR count). The molecule has 0 aliphatic rings. The van der Waals surface area contributed by atoms with Crippen LogP contribution in [0.4, 0.5) is 0 Å². The van der Waals surface area contributed by atoms with Gasteiger partial charge in [0.1, 0.15) is 6.61 Å². The molecule has 0 atom stereocenters. The SMILES string of the molecule is CCCCCCCCCCCCCCCOCCOCCOCCOCCOCCOCCOCCOCCOCCOCCOCCOC(=O)CCC. The predicted molar refractivity (Wildman–Crippen MR) is 211 cm³/mol. The van der Waals surface area contributed by atoms with Crippen LogP contribution in [0.25, 0.3) is 0 Å². The Balaban J connectivity index is 3.06. The molecular weight excluding hydrogens is 700 g/mol. The zero-order valence-corrected chi connectivity index (χ0v) is 34.7. The van der Waals surface area contributed by atoms with Gasteiger partial charge in [-0.05, 0) is 12.8 Å². The van der Waals surface area contributed by atoms with E-state index in [1.54, 1.807) is 0 Å². The molecular formula is C41H82O13. The van der Waals surface area contributed by atoms with Crippen LogP contribution >= 0.6 is 0 Å². The van der Waals surface area contributed by atoms with E-state index in [4.69, 9.17) is 56.8 Å². The Morgan fingerprint density at radius 1 is 0.259 bits per heavy atom. The average molecular weight is 783 g/mol. The summed E-state index contributed by atoms with van der Waals surface area (Å²) in [5.74, 6) is -0.186. The first-order valence-electron chi connectivity index (χ1n) is 21.3. The van der Waals surface area contributed by atoms with Gasteiger partial charge in [0, 0.05) is 13.0 Å². The molecule has 13 heteroatoms. The molecule has 0 aromatic heterocycles. The summed E-state index contributed by atoms with van der Waals surface area (Å²) >= 11 is 0. The second kappa shape index (κ2) is 50.0. The highest BCUT2D eigenvalue weighted by atomic mass is 16.6. The summed E-state index contributed by atoms with van der Waals surface area (Å²) in [6.45, 7) is 16.1. The summed E-state index contributed by atoms with van der Waals surface area (Å²) in [4.78, 5) is 11.2. The van der Waals surface area contributed by atoms with Crippen LogP contribution in [0.15, 0.2) is 0 Å². The Bertz CT molecular complexity index is 689. The first-order chi connectivity index (χ1) is 26.8. The van der Waals surface area contributed by atoms with Crippen molar-refractivity contribution in [3.05, 3.63) is 0 Å². The number of hydrogen-bond donors (Lipinski definition) is 0. The molecule has 0 heterocycles. The van der Waals surface area contributed by atoms with E-state index in [2.05, 4.69) is 6.92 Å². The van der Waals surface area contributed by atoms with Gasteiger partial charge in [0.15, 0.2) is 0 Å². The lowest BCUT2D eigenvalue weighted by Crippen LogP contribution is -2.15. The van der Waals surface area contributed by atoms with Crippen molar-refractivity contribution in [2.45, 2.75) is 110 Å². The van der Waals surface area contributed by atoms with Crippen molar-refractivity contribution in [3.63, 3.8) is 0 Å². The Hall–Kier alpha value is -0.970. The molecule has 324 valence electrons. The fraction of sp³-hybridized carbons (Fsp3) is 0.976. The summed E-state index contributed by atoms with van der Waals surface area (Å²) in [7, 11) is 0. The highest BCUT2D eigenvalue weighted by molar-refractivity contribution is 5.69. The fourth-order valence-corrected chi connectivity index (χ4v) is 5.01. The van der Waals surface area contributed by atoms with Crippen LogP contribution in [0.3, 0.4) is 0 Å². The second-order valence-electron chi connectivity index (χ2n) is 12.9. The second-order valence-corrected chi connectivity index (χ2v) is 12.9. The number of carbonyl (C=O) groups excluding carboxylic acids is 1. The van der Waals surface area contributed by atoms with E-state index >= 15 is 0 Å². The van der Waals surface area contributed by atoms with Gasteiger partial charge in [-0.3, -0.25) is 4.79 Å². The highest BCUT2D eigenvalue weighted by Gasteiger charge is 2.00. The number of unbranched alkanes of at least 4 members (excludes halogenated alkanes) is 12. The van der Waals surface area contributed by atoms with Gasteiger partial charge in [0.25, 0.3) is 0 Å². The largest absolute Gasteiger partial charge is 0.463 e. The summed E-state index contributed by atoms with van der Waals surface area (Å²) < 4.78 is 65.5. The molecule has 0 N–H and O–H groups in total. The topological polar surface area (TPSA) is 128 Å². The van der Waals surface area contributed by atoms with Crippen molar-refractivity contribution >= 4 is 5.97 Å². The molecule has 0 bridgehead atoms. The van der Waals surface area contributed by atoms with Crippen molar-refractivity contribution in [2.75, 3.05) is 152 Å². The minimum absolute atomic E-state index is 0.186. The summed E-state index contributed by atoms with van der Waals surface area (Å²) in [6, 6.07) is 0. The molecule has 0 radical (unpaired) electrons. The predicted octanol–water partition coefficient (Wildman–Crippen LogP) is 6.60. The van der Waals surface area contributed by atoms with Crippen molar-refractivity contribution in [3.8, 4) is 0 Å². The zero-order valence-electron chi connectivity index (χ0n) is 34.7. The Kier molecular flexibility index (Phi) is 49.2. The zero-order chi connectivity index (χ0) is 38.9. The minimum Gasteiger partial charge on any atom is -0.463 e. The van der Waals surface area contributed by atoms with E-state index in [0.717, 1.165) is 19.4 Å². The van der Waals surface area contributed by atoms with Crippen LogP contribution < -0.4 is 0 Å². The van der Waals surface area contributed by atoms with Crippen LogP contribution in [0.5, 0.6) is 0 Å². The number of carbonyl (C=O) groups is 1. The molecule has 0 unspecified atom stereocenters. The van der Waals surface area contributed by atoms with Crippen LogP contribution in [-0.2, 0) is 61.6 Å². The quantitative estimate of drug-likeness (QED) is 0.0486. The molecule has 0 saturated heterocycles. The van der Waals surface area contributed by atoms with Gasteiger partial charge in [-0.2, -0.15) is 0 Å². The molecule has 54 heavy (non-hydrogen) atoms. The molecule has 13 nitrogen and oxygen atoms in total. The van der Waals surface area contributed by atoms with Gasteiger partial charge in [0.2, 0.25) is 0 Å². The van der Waals surface area contributed by atoms with Gasteiger partial charge in [-0.25, -0.2) is 0 Å². The number of hydrogen-bond acceptors (Lipinski definition) is 13. The Labute approximate surface area is 329 Å². The monoisotopic (exact) mass is 783 g/mol. The van der Waals surface area contributed by atoms with E-state index in [-0.39, 0.29) is 12.6 Å². The molecule has 0 fully saturated rings. The Morgan fingerprint density at radius 2 is 0.481 bits per heavy atom. The minimum atomic E-state index is -0.186. The first kappa shape index (κ1) is 53.0. The number of rotatable bonds is 49. The summed E-state index contributed by atoms with van der Waals surface area (Å²) in [5, 5.41) is 0. The Morgan fingerprint density at radius 3 is 0.741 bits per heavy atom. The highest BCUT2D eigenvalue weighted by Crippen LogP contribution is 2.12. The third-order valence-corrected chi connectivity index (χ3v) is 8.06. The molecule has 0 amide bonds. The third-order valence-electron chi connectivity index (χ3n) is 8.06. The number of esters is 1. The van der Waals surface area contributed by atoms with Gasteiger partial charge in [-0.1, -0.05) is 90.9 Å². The van der Waals surface area contributed by atoms with Crippen LogP contribution in [0, 0.1) is 0 Å². The molecule has 0 spiro atoms. The maximum absolute atomic E-state index is 11.2. The van der Waals surface area contributed by atoms with E-state index in [0.29, 0.717) is 145 Å². The maximum atomic E-state index is 11.2. The van der Waals surface area contributed by atoms with Crippen LogP contribution in [-0.4, -0.2) is 158 Å². The van der Waals surface area contributed by atoms with Gasteiger partial charge >= 0.3 is 5.97 Å². The van der Waals surface area contributed by atoms with Crippen molar-refractivity contribution in [1.29, 1.82) is 0 Å². The summed E-state index contributed by atoms with van der Waals surface area (Å²) in [6.07, 6.45) is 19.0. The van der Waals surface area contributed by atoms with E-state index in [9.17, 15) is 4.79 Å². The lowest BCUT2D eigenvalue weighted by Gasteiger charge is -2.09. The number of ether oxygens (including phenoxy) is 12. The van der Waals surface area contributed by atoms with Crippen molar-refractivity contribution in [2.24, 2.45) is 0 Å². The molecule has 0 saturated carbocycles. The van der Waals surface area contributed by atoms with Crippen LogP contribution in [0.1, 0.15) is 110 Å². The van der Waals surface area contributed by atoms with Crippen molar-refractivity contribution in [1.82, 2.24) is 0 Å². The molecule has 0 aliphatic carbocycles. The van der Waals surface area contributed by atoms with Gasteiger partial charge in [-0.15, -0.1) is 0 Å². The van der Waals surface area contributed by atoms with Gasteiger partial charge in [0.05, 0.1) is 139 Å². The lowest BCUT2D eigenvalue weighted by molar-refractivity contribution is -0.145. The molecule has 0 aliphatic heterocycles. The van der Waals surface area contributed by atoms with Crippen molar-refractivity contribution < 1.29 is 61.6 Å². The molecule has 0 aromatic rings. The fourth-order valence-electron chi connectivity index (χ4n) is 5.01. The van der Waals surface area contributed by atoms with E-state index in [1.165, 1.54) is 77.0 Å². The van der Waals surface area contributed by atoms with Crippen LogP contribution in [0.2, 0.25) is 0 Å². The van der Waals surface area contributed by atoms with E-state index < -0.39 is 0 Å². The third kappa shape index (κ3) is 49.0. The lowest BCUT2D eigenvalue weighted by atomic mass is 10.0. The van der Waals surface area contributed by atoms with Gasteiger partial charge < -0.3 is 56.8 Å². The standard InChI is InChI=1S/C41H82O13/c1-3-5-6-7-8-9-10-11-12-13-14-15-16-18-43-19-20-44-21-22-45-23-24-46-25-26-47-27-28-48-29-30-49-31-32-50-33-34-51-35-36-52-37-38-53-39-40-54-41(42)17-4-2/h3-40H2,1-2H3. The van der Waals surface area contributed by atoms with E-state index in [1.807, 2.05) is 6.92 Å². The summed E-state index contributed by atoms with van der Waals surface area (Å²) in [5.41, 5.74) is 0. The maximum Gasteiger partial charge on any atom is 0.305 e.